The van der Waals surface area contributed by atoms with E-state index in [1.165, 1.54) is 6.08 Å². The van der Waals surface area contributed by atoms with Gasteiger partial charge in [0.25, 0.3) is 5.69 Å². The summed E-state index contributed by atoms with van der Waals surface area (Å²) in [7, 11) is 0. The van der Waals surface area contributed by atoms with E-state index in [1.54, 1.807) is 0 Å². The molecule has 10 heteroatoms. The van der Waals surface area contributed by atoms with Crippen LogP contribution in [0.4, 0.5) is 24.5 Å². The molecule has 1 spiro atoms. The van der Waals surface area contributed by atoms with Crippen LogP contribution in [0.25, 0.3) is 0 Å². The van der Waals surface area contributed by atoms with Crippen molar-refractivity contribution in [2.24, 2.45) is 0 Å². The molecule has 3 rings (SSSR count). The minimum absolute atomic E-state index is 0.0327. The molecule has 0 aromatic heterocycles. The largest absolute Gasteiger partial charge is 0.449 e. The lowest BCUT2D eigenvalue weighted by Gasteiger charge is -2.34. The summed E-state index contributed by atoms with van der Waals surface area (Å²) >= 11 is 0. The van der Waals surface area contributed by atoms with E-state index in [4.69, 9.17) is 4.74 Å². The Labute approximate surface area is 165 Å². The van der Waals surface area contributed by atoms with Crippen molar-refractivity contribution in [1.29, 1.82) is 0 Å². The Bertz CT molecular complexity index is 817. The van der Waals surface area contributed by atoms with Crippen molar-refractivity contribution in [2.75, 3.05) is 18.4 Å². The second-order valence-electron chi connectivity index (χ2n) is 7.23. The number of halogens is 3. The summed E-state index contributed by atoms with van der Waals surface area (Å²) in [5.74, 6) is -0.354. The normalized spacial score (nSPS) is 18.3. The van der Waals surface area contributed by atoms with Crippen LogP contribution in [0.1, 0.15) is 44.1 Å². The minimum Gasteiger partial charge on any atom is -0.449 e. The highest BCUT2D eigenvalue weighted by atomic mass is 19.4. The van der Waals surface area contributed by atoms with Gasteiger partial charge >= 0.3 is 12.1 Å². The van der Waals surface area contributed by atoms with Crippen molar-refractivity contribution in [3.63, 3.8) is 0 Å². The molecular weight excluding hydrogens is 391 g/mol. The third kappa shape index (κ3) is 4.80. The van der Waals surface area contributed by atoms with Gasteiger partial charge in [-0.2, -0.15) is 13.2 Å². The quantitative estimate of drug-likeness (QED) is 0.302. The number of nitro groups is 1. The Balaban J connectivity index is 1.54. The molecule has 2 N–H and O–H groups in total. The first-order valence-electron chi connectivity index (χ1n) is 9.50. The fraction of sp³-hybridized carbons (Fsp3) is 0.526. The summed E-state index contributed by atoms with van der Waals surface area (Å²) in [5.41, 5.74) is -1.44. The summed E-state index contributed by atoms with van der Waals surface area (Å²) in [4.78, 5) is 22.0. The van der Waals surface area contributed by atoms with Crippen LogP contribution in [-0.4, -0.2) is 29.6 Å². The fourth-order valence-electron chi connectivity index (χ4n) is 3.78. The number of hydrogen-bond acceptors (Lipinski definition) is 6. The molecular formula is C19H22F3N3O4. The summed E-state index contributed by atoms with van der Waals surface area (Å²) in [6, 6.07) is 2.41. The fourth-order valence-corrected chi connectivity index (χ4v) is 3.78. The maximum atomic E-state index is 12.8. The van der Waals surface area contributed by atoms with E-state index in [2.05, 4.69) is 10.6 Å². The van der Waals surface area contributed by atoms with Crippen molar-refractivity contribution in [1.82, 2.24) is 5.32 Å². The van der Waals surface area contributed by atoms with Gasteiger partial charge < -0.3 is 15.4 Å². The SMILES string of the molecule is O=C1C=C(NCCCNc2ccc(C(F)(F)F)cc2[N+](=O)[O-])C2(CCCCC2)O1. The lowest BCUT2D eigenvalue weighted by Crippen LogP contribution is -2.40. The predicted molar refractivity (Wildman–Crippen MR) is 99.2 cm³/mol. The van der Waals surface area contributed by atoms with E-state index < -0.39 is 28.0 Å². The van der Waals surface area contributed by atoms with Crippen LogP contribution in [0.2, 0.25) is 0 Å². The molecule has 1 fully saturated rings. The minimum atomic E-state index is -4.64. The standard InChI is InChI=1S/C19H22F3N3O4/c20-19(21,22)13-5-6-14(15(11-13)25(27)28)23-9-4-10-24-16-12-17(26)29-18(16)7-2-1-3-8-18/h5-6,11-12,23-24H,1-4,7-10H2. The third-order valence-electron chi connectivity index (χ3n) is 5.22. The number of anilines is 1. The zero-order valence-electron chi connectivity index (χ0n) is 15.7. The van der Waals surface area contributed by atoms with Gasteiger partial charge in [-0.1, -0.05) is 6.42 Å². The van der Waals surface area contributed by atoms with E-state index in [9.17, 15) is 28.1 Å². The Morgan fingerprint density at radius 2 is 1.83 bits per heavy atom. The smallest absolute Gasteiger partial charge is 0.416 e. The topological polar surface area (TPSA) is 93.5 Å². The molecule has 2 aliphatic rings. The van der Waals surface area contributed by atoms with Gasteiger partial charge in [0.1, 0.15) is 5.69 Å². The molecule has 7 nitrogen and oxygen atoms in total. The summed E-state index contributed by atoms with van der Waals surface area (Å²) in [5, 5.41) is 17.1. The van der Waals surface area contributed by atoms with Crippen LogP contribution in [-0.2, 0) is 15.7 Å². The number of esters is 1. The highest BCUT2D eigenvalue weighted by molar-refractivity contribution is 5.86. The van der Waals surface area contributed by atoms with Gasteiger partial charge in [-0.3, -0.25) is 10.1 Å². The van der Waals surface area contributed by atoms with E-state index in [0.717, 1.165) is 49.9 Å². The number of carbonyl (C=O) groups is 1. The Morgan fingerprint density at radius 3 is 2.48 bits per heavy atom. The number of nitrogens with zero attached hydrogens (tertiary/aromatic N) is 1. The maximum absolute atomic E-state index is 12.8. The van der Waals surface area contributed by atoms with E-state index in [-0.39, 0.29) is 11.7 Å². The van der Waals surface area contributed by atoms with Crippen molar-refractivity contribution in [3.05, 3.63) is 45.6 Å². The number of alkyl halides is 3. The predicted octanol–water partition coefficient (Wildman–Crippen LogP) is 4.15. The second kappa shape index (κ2) is 8.30. The van der Waals surface area contributed by atoms with Gasteiger partial charge in [0.15, 0.2) is 5.60 Å². The molecule has 0 saturated heterocycles. The van der Waals surface area contributed by atoms with Crippen LogP contribution in [0.5, 0.6) is 0 Å². The van der Waals surface area contributed by atoms with Crippen LogP contribution in [0, 0.1) is 10.1 Å². The van der Waals surface area contributed by atoms with Gasteiger partial charge in [-0.25, -0.2) is 4.79 Å². The monoisotopic (exact) mass is 413 g/mol. The molecule has 1 heterocycles. The molecule has 0 radical (unpaired) electrons. The van der Waals surface area contributed by atoms with Gasteiger partial charge in [0.05, 0.1) is 16.2 Å². The molecule has 1 aliphatic carbocycles. The Kier molecular flexibility index (Phi) is 5.99. The van der Waals surface area contributed by atoms with E-state index >= 15 is 0 Å². The van der Waals surface area contributed by atoms with E-state index in [0.29, 0.717) is 25.6 Å². The first-order valence-corrected chi connectivity index (χ1v) is 9.50. The van der Waals surface area contributed by atoms with Gasteiger partial charge in [-0.15, -0.1) is 0 Å². The first-order chi connectivity index (χ1) is 13.7. The average Bonchev–Trinajstić information content (AvgIpc) is 2.95. The molecule has 1 aromatic carbocycles. The molecule has 1 aromatic rings. The zero-order chi connectivity index (χ0) is 21.1. The lowest BCUT2D eigenvalue weighted by molar-refractivity contribution is -0.384. The molecule has 1 saturated carbocycles. The average molecular weight is 413 g/mol. The first kappa shape index (κ1) is 20.9. The van der Waals surface area contributed by atoms with Gasteiger partial charge in [0, 0.05) is 25.2 Å². The van der Waals surface area contributed by atoms with Crippen molar-refractivity contribution < 1.29 is 27.6 Å². The number of rotatable bonds is 7. The van der Waals surface area contributed by atoms with Crippen LogP contribution < -0.4 is 10.6 Å². The number of carbonyl (C=O) groups excluding carboxylic acids is 1. The number of ether oxygens (including phenoxy) is 1. The highest BCUT2D eigenvalue weighted by Crippen LogP contribution is 2.40. The molecule has 0 atom stereocenters. The van der Waals surface area contributed by atoms with Crippen molar-refractivity contribution in [2.45, 2.75) is 50.3 Å². The molecule has 1 aliphatic heterocycles. The van der Waals surface area contributed by atoms with Crippen LogP contribution in [0.15, 0.2) is 30.0 Å². The van der Waals surface area contributed by atoms with Crippen LogP contribution >= 0.6 is 0 Å². The van der Waals surface area contributed by atoms with Crippen molar-refractivity contribution >= 4 is 17.3 Å². The summed E-state index contributed by atoms with van der Waals surface area (Å²) in [6.07, 6.45) is 2.04. The highest BCUT2D eigenvalue weighted by Gasteiger charge is 2.43. The van der Waals surface area contributed by atoms with Gasteiger partial charge in [0.2, 0.25) is 0 Å². The molecule has 0 unspecified atom stereocenters. The van der Waals surface area contributed by atoms with Crippen molar-refractivity contribution in [3.8, 4) is 0 Å². The molecule has 0 bridgehead atoms. The number of nitrogens with one attached hydrogen (secondary N) is 2. The Hall–Kier alpha value is -2.78. The maximum Gasteiger partial charge on any atom is 0.416 e. The molecule has 0 amide bonds. The van der Waals surface area contributed by atoms with Crippen LogP contribution in [0.3, 0.4) is 0 Å². The second-order valence-corrected chi connectivity index (χ2v) is 7.23. The third-order valence-corrected chi connectivity index (χ3v) is 5.22. The Morgan fingerprint density at radius 1 is 1.14 bits per heavy atom. The summed E-state index contributed by atoms with van der Waals surface area (Å²) in [6.45, 7) is 0.805. The summed E-state index contributed by atoms with van der Waals surface area (Å²) < 4.78 is 43.8. The number of nitro benzene ring substituents is 1. The molecule has 29 heavy (non-hydrogen) atoms. The zero-order valence-corrected chi connectivity index (χ0v) is 15.7. The lowest BCUT2D eigenvalue weighted by atomic mass is 9.83. The molecule has 158 valence electrons. The number of benzene rings is 1. The number of hydrogen-bond donors (Lipinski definition) is 2. The van der Waals surface area contributed by atoms with E-state index in [1.807, 2.05) is 0 Å². The van der Waals surface area contributed by atoms with Gasteiger partial charge in [-0.05, 0) is 44.2 Å².